The third-order valence-electron chi connectivity index (χ3n) is 3.81. The molecule has 2 aromatic rings. The molecule has 1 aromatic carbocycles. The van der Waals surface area contributed by atoms with Gasteiger partial charge in [-0.2, -0.15) is 0 Å². The van der Waals surface area contributed by atoms with Gasteiger partial charge in [-0.3, -0.25) is 4.98 Å². The van der Waals surface area contributed by atoms with Crippen LogP contribution in [0.5, 0.6) is 0 Å². The average Bonchev–Trinajstić information content (AvgIpc) is 2.47. The fourth-order valence-electron chi connectivity index (χ4n) is 2.86. The Labute approximate surface area is 122 Å². The molecule has 0 aliphatic heterocycles. The van der Waals surface area contributed by atoms with Gasteiger partial charge in [0.05, 0.1) is 11.3 Å². The molecule has 1 N–H and O–H groups in total. The van der Waals surface area contributed by atoms with E-state index < -0.39 is 5.97 Å². The number of halogens is 1. The molecule has 1 aromatic heterocycles. The molecule has 0 saturated carbocycles. The standard InChI is InChI=1S/C16H14ClNO2/c17-14-7-6-11(16(19)20)9-13(14)12-5-1-3-10-4-2-8-18-15(10)12/h2,4,6-9,12H,1,3,5H2,(H,19,20). The number of pyridine rings is 1. The number of carboxylic acid groups (broad SMARTS) is 1. The lowest BCUT2D eigenvalue weighted by Crippen LogP contribution is -2.14. The third-order valence-corrected chi connectivity index (χ3v) is 4.16. The predicted octanol–water partition coefficient (Wildman–Crippen LogP) is 3.90. The normalized spacial score (nSPS) is 17.6. The number of carbonyl (C=O) groups is 1. The minimum atomic E-state index is -0.931. The van der Waals surface area contributed by atoms with E-state index in [-0.39, 0.29) is 11.5 Å². The van der Waals surface area contributed by atoms with Crippen molar-refractivity contribution in [2.75, 3.05) is 0 Å². The number of nitrogens with zero attached hydrogens (tertiary/aromatic N) is 1. The number of fused-ring (bicyclic) bond motifs is 1. The molecule has 1 atom stereocenters. The van der Waals surface area contributed by atoms with Gasteiger partial charge in [0.1, 0.15) is 0 Å². The van der Waals surface area contributed by atoms with Gasteiger partial charge < -0.3 is 5.11 Å². The largest absolute Gasteiger partial charge is 0.478 e. The number of hydrogen-bond donors (Lipinski definition) is 1. The van der Waals surface area contributed by atoms with Crippen molar-refractivity contribution < 1.29 is 9.90 Å². The lowest BCUT2D eigenvalue weighted by Gasteiger charge is -2.25. The zero-order valence-corrected chi connectivity index (χ0v) is 11.6. The van der Waals surface area contributed by atoms with Crippen LogP contribution in [-0.4, -0.2) is 16.1 Å². The summed E-state index contributed by atoms with van der Waals surface area (Å²) < 4.78 is 0. The van der Waals surface area contributed by atoms with Crippen molar-refractivity contribution in [2.24, 2.45) is 0 Å². The maximum absolute atomic E-state index is 11.1. The summed E-state index contributed by atoms with van der Waals surface area (Å²) in [6.45, 7) is 0. The Balaban J connectivity index is 2.10. The summed E-state index contributed by atoms with van der Waals surface area (Å²) in [7, 11) is 0. The van der Waals surface area contributed by atoms with Gasteiger partial charge in [-0.25, -0.2) is 4.79 Å². The topological polar surface area (TPSA) is 50.2 Å². The first-order valence-corrected chi connectivity index (χ1v) is 7.01. The molecule has 102 valence electrons. The summed E-state index contributed by atoms with van der Waals surface area (Å²) in [5, 5.41) is 9.74. The van der Waals surface area contributed by atoms with Crippen molar-refractivity contribution in [3.8, 4) is 0 Å². The van der Waals surface area contributed by atoms with Crippen LogP contribution in [0.3, 0.4) is 0 Å². The van der Waals surface area contributed by atoms with Gasteiger partial charge in [0, 0.05) is 17.1 Å². The average molecular weight is 288 g/mol. The van der Waals surface area contributed by atoms with E-state index in [4.69, 9.17) is 16.7 Å². The van der Waals surface area contributed by atoms with E-state index in [1.165, 1.54) is 11.6 Å². The molecule has 3 nitrogen and oxygen atoms in total. The van der Waals surface area contributed by atoms with E-state index in [9.17, 15) is 4.79 Å². The zero-order chi connectivity index (χ0) is 14.1. The molecule has 1 unspecified atom stereocenters. The Morgan fingerprint density at radius 2 is 2.20 bits per heavy atom. The Morgan fingerprint density at radius 1 is 1.35 bits per heavy atom. The number of aryl methyl sites for hydroxylation is 1. The lowest BCUT2D eigenvalue weighted by atomic mass is 9.82. The number of aromatic nitrogens is 1. The van der Waals surface area contributed by atoms with Crippen molar-refractivity contribution >= 4 is 17.6 Å². The molecule has 0 amide bonds. The Hall–Kier alpha value is -1.87. The third kappa shape index (κ3) is 2.29. The second-order valence-electron chi connectivity index (χ2n) is 5.03. The Kier molecular flexibility index (Phi) is 3.45. The van der Waals surface area contributed by atoms with E-state index in [0.717, 1.165) is 30.5 Å². The van der Waals surface area contributed by atoms with Crippen LogP contribution in [0.2, 0.25) is 5.02 Å². The molecule has 20 heavy (non-hydrogen) atoms. The first kappa shape index (κ1) is 13.1. The zero-order valence-electron chi connectivity index (χ0n) is 10.8. The number of hydrogen-bond acceptors (Lipinski definition) is 2. The van der Waals surface area contributed by atoms with Crippen molar-refractivity contribution in [1.82, 2.24) is 4.98 Å². The van der Waals surface area contributed by atoms with E-state index in [2.05, 4.69) is 11.1 Å². The highest BCUT2D eigenvalue weighted by Crippen LogP contribution is 2.38. The van der Waals surface area contributed by atoms with Gasteiger partial charge in [-0.1, -0.05) is 17.7 Å². The van der Waals surface area contributed by atoms with Gasteiger partial charge in [-0.15, -0.1) is 0 Å². The maximum atomic E-state index is 11.1. The second kappa shape index (κ2) is 5.25. The minimum absolute atomic E-state index is 0.0896. The van der Waals surface area contributed by atoms with Gasteiger partial charge in [0.2, 0.25) is 0 Å². The molecule has 0 spiro atoms. The Morgan fingerprint density at radius 3 is 3.00 bits per heavy atom. The van der Waals surface area contributed by atoms with Crippen LogP contribution in [0.25, 0.3) is 0 Å². The number of benzene rings is 1. The van der Waals surface area contributed by atoms with Gasteiger partial charge >= 0.3 is 5.97 Å². The minimum Gasteiger partial charge on any atom is -0.478 e. The second-order valence-corrected chi connectivity index (χ2v) is 5.44. The van der Waals surface area contributed by atoms with Gasteiger partial charge in [0.15, 0.2) is 0 Å². The van der Waals surface area contributed by atoms with E-state index in [1.807, 2.05) is 6.07 Å². The highest BCUT2D eigenvalue weighted by atomic mass is 35.5. The number of carboxylic acids is 1. The summed E-state index contributed by atoms with van der Waals surface area (Å²) in [5.41, 5.74) is 3.41. The van der Waals surface area contributed by atoms with Crippen LogP contribution in [0.4, 0.5) is 0 Å². The van der Waals surface area contributed by atoms with Crippen LogP contribution in [0.1, 0.15) is 45.9 Å². The molecule has 4 heteroatoms. The molecule has 3 rings (SSSR count). The highest BCUT2D eigenvalue weighted by molar-refractivity contribution is 6.31. The molecular formula is C16H14ClNO2. The summed E-state index contributed by atoms with van der Waals surface area (Å²) >= 11 is 6.28. The molecular weight excluding hydrogens is 274 g/mol. The SMILES string of the molecule is O=C(O)c1ccc(Cl)c(C2CCCc3cccnc32)c1. The summed E-state index contributed by atoms with van der Waals surface area (Å²) in [6, 6.07) is 8.91. The highest BCUT2D eigenvalue weighted by Gasteiger charge is 2.25. The van der Waals surface area contributed by atoms with Crippen molar-refractivity contribution in [3.05, 3.63) is 63.9 Å². The monoisotopic (exact) mass is 287 g/mol. The van der Waals surface area contributed by atoms with E-state index in [1.54, 1.807) is 18.3 Å². The lowest BCUT2D eigenvalue weighted by molar-refractivity contribution is 0.0696. The summed E-state index contributed by atoms with van der Waals surface area (Å²) in [6.07, 6.45) is 4.83. The van der Waals surface area contributed by atoms with E-state index in [0.29, 0.717) is 5.02 Å². The molecule has 1 heterocycles. The fraction of sp³-hybridized carbons (Fsp3) is 0.250. The molecule has 0 bridgehead atoms. The van der Waals surface area contributed by atoms with Crippen molar-refractivity contribution in [1.29, 1.82) is 0 Å². The van der Waals surface area contributed by atoms with Crippen LogP contribution in [0, 0.1) is 0 Å². The van der Waals surface area contributed by atoms with Crippen molar-refractivity contribution in [2.45, 2.75) is 25.2 Å². The molecule has 0 fully saturated rings. The quantitative estimate of drug-likeness (QED) is 0.911. The predicted molar refractivity (Wildman–Crippen MR) is 77.4 cm³/mol. The number of rotatable bonds is 2. The van der Waals surface area contributed by atoms with Gasteiger partial charge in [-0.05, 0) is 54.7 Å². The van der Waals surface area contributed by atoms with E-state index >= 15 is 0 Å². The van der Waals surface area contributed by atoms with Crippen LogP contribution in [0.15, 0.2) is 36.5 Å². The fourth-order valence-corrected chi connectivity index (χ4v) is 3.11. The maximum Gasteiger partial charge on any atom is 0.335 e. The summed E-state index contributed by atoms with van der Waals surface area (Å²) in [5.74, 6) is -0.841. The summed E-state index contributed by atoms with van der Waals surface area (Å²) in [4.78, 5) is 15.6. The molecule has 0 radical (unpaired) electrons. The molecule has 1 aliphatic carbocycles. The number of aromatic carboxylic acids is 1. The van der Waals surface area contributed by atoms with Crippen molar-refractivity contribution in [3.63, 3.8) is 0 Å². The molecule has 1 aliphatic rings. The van der Waals surface area contributed by atoms with Crippen LogP contribution in [-0.2, 0) is 6.42 Å². The Bertz CT molecular complexity index is 669. The van der Waals surface area contributed by atoms with Gasteiger partial charge in [0.25, 0.3) is 0 Å². The first-order chi connectivity index (χ1) is 9.66. The van der Waals surface area contributed by atoms with Crippen LogP contribution < -0.4 is 0 Å². The molecule has 0 saturated heterocycles. The first-order valence-electron chi connectivity index (χ1n) is 6.63. The smallest absolute Gasteiger partial charge is 0.335 e. The van der Waals surface area contributed by atoms with Crippen LogP contribution >= 0.6 is 11.6 Å².